The molecule has 0 radical (unpaired) electrons. The molecule has 2 N–H and O–H groups in total. The molecule has 140 valence electrons. The summed E-state index contributed by atoms with van der Waals surface area (Å²) in [5.74, 6) is 0.876. The number of benzene rings is 2. The topological polar surface area (TPSA) is 97.8 Å². The van der Waals surface area contributed by atoms with Gasteiger partial charge in [0.1, 0.15) is 27.8 Å². The van der Waals surface area contributed by atoms with Crippen molar-refractivity contribution in [2.45, 2.75) is 11.8 Å². The molecule has 0 amide bonds. The maximum atomic E-state index is 12.7. The summed E-state index contributed by atoms with van der Waals surface area (Å²) in [5, 5.41) is 9.92. The Labute approximate surface area is 157 Å². The number of anilines is 1. The summed E-state index contributed by atoms with van der Waals surface area (Å²) < 4.78 is 38.6. The molecule has 1 aromatic heterocycles. The molecule has 8 heteroatoms. The SMILES string of the molecule is COc1ccc(Oc2ncccc2NS(=O)(=O)c2cc(C)ccc2O)cc1. The lowest BCUT2D eigenvalue weighted by molar-refractivity contribution is 0.412. The summed E-state index contributed by atoms with van der Waals surface area (Å²) in [5.41, 5.74) is 0.850. The van der Waals surface area contributed by atoms with Crippen LogP contribution in [-0.2, 0) is 10.0 Å². The van der Waals surface area contributed by atoms with E-state index in [-0.39, 0.29) is 22.2 Å². The van der Waals surface area contributed by atoms with Gasteiger partial charge in [-0.2, -0.15) is 0 Å². The van der Waals surface area contributed by atoms with E-state index in [0.717, 1.165) is 0 Å². The molecule has 0 aliphatic carbocycles. The van der Waals surface area contributed by atoms with Gasteiger partial charge in [-0.15, -0.1) is 0 Å². The molecule has 0 bridgehead atoms. The molecule has 0 saturated carbocycles. The van der Waals surface area contributed by atoms with E-state index in [1.165, 1.54) is 24.4 Å². The van der Waals surface area contributed by atoms with Crippen molar-refractivity contribution >= 4 is 15.7 Å². The van der Waals surface area contributed by atoms with Gasteiger partial charge in [-0.25, -0.2) is 13.4 Å². The maximum absolute atomic E-state index is 12.7. The summed E-state index contributed by atoms with van der Waals surface area (Å²) in [6, 6.07) is 14.2. The monoisotopic (exact) mass is 386 g/mol. The molecule has 3 rings (SSSR count). The molecule has 0 spiro atoms. The molecule has 0 saturated heterocycles. The Morgan fingerprint density at radius 1 is 1.04 bits per heavy atom. The van der Waals surface area contributed by atoms with E-state index >= 15 is 0 Å². The van der Waals surface area contributed by atoms with Crippen molar-refractivity contribution in [1.82, 2.24) is 4.98 Å². The number of nitrogens with zero attached hydrogens (tertiary/aromatic N) is 1. The number of aromatic hydroxyl groups is 1. The van der Waals surface area contributed by atoms with Crippen LogP contribution in [0.1, 0.15) is 5.56 Å². The lowest BCUT2D eigenvalue weighted by Crippen LogP contribution is -2.14. The maximum Gasteiger partial charge on any atom is 0.265 e. The number of methoxy groups -OCH3 is 1. The van der Waals surface area contributed by atoms with Crippen LogP contribution in [0, 0.1) is 6.92 Å². The molecular formula is C19H18N2O5S. The molecule has 0 aliphatic rings. The first kappa shape index (κ1) is 18.5. The molecule has 0 atom stereocenters. The molecule has 2 aromatic carbocycles. The normalized spacial score (nSPS) is 11.0. The van der Waals surface area contributed by atoms with Gasteiger partial charge in [0, 0.05) is 6.20 Å². The van der Waals surface area contributed by atoms with Gasteiger partial charge in [0.2, 0.25) is 5.88 Å². The van der Waals surface area contributed by atoms with Crippen LogP contribution in [0.5, 0.6) is 23.1 Å². The number of phenolic OH excluding ortho intramolecular Hbond substituents is 1. The number of aromatic nitrogens is 1. The van der Waals surface area contributed by atoms with Crippen LogP contribution < -0.4 is 14.2 Å². The molecule has 3 aromatic rings. The highest BCUT2D eigenvalue weighted by atomic mass is 32.2. The van der Waals surface area contributed by atoms with E-state index in [0.29, 0.717) is 17.1 Å². The largest absolute Gasteiger partial charge is 0.507 e. The van der Waals surface area contributed by atoms with Crippen LogP contribution in [0.4, 0.5) is 5.69 Å². The zero-order valence-corrected chi connectivity index (χ0v) is 15.5. The highest BCUT2D eigenvalue weighted by molar-refractivity contribution is 7.92. The van der Waals surface area contributed by atoms with Crippen molar-refractivity contribution in [3.63, 3.8) is 0 Å². The van der Waals surface area contributed by atoms with E-state index in [4.69, 9.17) is 9.47 Å². The Hall–Kier alpha value is -3.26. The van der Waals surface area contributed by atoms with E-state index in [2.05, 4.69) is 9.71 Å². The minimum Gasteiger partial charge on any atom is -0.507 e. The van der Waals surface area contributed by atoms with Crippen LogP contribution >= 0.6 is 0 Å². The Balaban J connectivity index is 1.90. The first-order valence-corrected chi connectivity index (χ1v) is 9.47. The van der Waals surface area contributed by atoms with Crippen LogP contribution in [0.3, 0.4) is 0 Å². The first-order chi connectivity index (χ1) is 12.9. The molecule has 27 heavy (non-hydrogen) atoms. The number of hydrogen-bond donors (Lipinski definition) is 2. The van der Waals surface area contributed by atoms with E-state index < -0.39 is 10.0 Å². The average molecular weight is 386 g/mol. The third-order valence-electron chi connectivity index (χ3n) is 3.69. The van der Waals surface area contributed by atoms with Gasteiger partial charge in [-0.1, -0.05) is 6.07 Å². The quantitative estimate of drug-likeness (QED) is 0.670. The summed E-state index contributed by atoms with van der Waals surface area (Å²) in [7, 11) is -2.47. The van der Waals surface area contributed by atoms with Gasteiger partial charge in [-0.05, 0) is 61.0 Å². The average Bonchev–Trinajstić information content (AvgIpc) is 2.65. The van der Waals surface area contributed by atoms with Crippen molar-refractivity contribution in [1.29, 1.82) is 0 Å². The number of phenols is 1. The standard InChI is InChI=1S/C19H18N2O5S/c1-13-5-10-17(22)18(12-13)27(23,24)21-16-4-3-11-20-19(16)26-15-8-6-14(25-2)7-9-15/h3-12,21-22H,1-2H3. The summed E-state index contributed by atoms with van der Waals surface area (Å²) in [6.45, 7) is 1.74. The third-order valence-corrected chi connectivity index (χ3v) is 5.09. The van der Waals surface area contributed by atoms with Gasteiger partial charge < -0.3 is 14.6 Å². The van der Waals surface area contributed by atoms with Crippen molar-refractivity contribution in [3.05, 3.63) is 66.4 Å². The van der Waals surface area contributed by atoms with Gasteiger partial charge >= 0.3 is 0 Å². The number of rotatable bonds is 6. The third kappa shape index (κ3) is 4.29. The van der Waals surface area contributed by atoms with Crippen LogP contribution in [0.25, 0.3) is 0 Å². The molecule has 0 unspecified atom stereocenters. The summed E-state index contributed by atoms with van der Waals surface area (Å²) in [6.07, 6.45) is 1.49. The Bertz CT molecular complexity index is 1050. The van der Waals surface area contributed by atoms with Crippen molar-refractivity contribution in [3.8, 4) is 23.1 Å². The second-order valence-electron chi connectivity index (χ2n) is 5.71. The zero-order valence-electron chi connectivity index (χ0n) is 14.7. The molecule has 0 fully saturated rings. The Kier molecular flexibility index (Phi) is 5.18. The van der Waals surface area contributed by atoms with Gasteiger partial charge in [0.25, 0.3) is 10.0 Å². The number of ether oxygens (including phenoxy) is 2. The molecule has 0 aliphatic heterocycles. The number of sulfonamides is 1. The van der Waals surface area contributed by atoms with Crippen LogP contribution in [0.15, 0.2) is 65.7 Å². The number of hydrogen-bond acceptors (Lipinski definition) is 6. The highest BCUT2D eigenvalue weighted by Gasteiger charge is 2.21. The first-order valence-electron chi connectivity index (χ1n) is 7.98. The van der Waals surface area contributed by atoms with E-state index in [1.54, 1.807) is 50.4 Å². The Morgan fingerprint density at radius 2 is 1.74 bits per heavy atom. The number of aryl methyl sites for hydroxylation is 1. The predicted molar refractivity (Wildman–Crippen MR) is 101 cm³/mol. The van der Waals surface area contributed by atoms with Crippen LogP contribution in [0.2, 0.25) is 0 Å². The highest BCUT2D eigenvalue weighted by Crippen LogP contribution is 2.31. The van der Waals surface area contributed by atoms with Crippen molar-refractivity contribution < 1.29 is 23.0 Å². The fourth-order valence-corrected chi connectivity index (χ4v) is 3.58. The molecule has 1 heterocycles. The van der Waals surface area contributed by atoms with Gasteiger partial charge in [0.05, 0.1) is 7.11 Å². The molecule has 7 nitrogen and oxygen atoms in total. The predicted octanol–water partition coefficient (Wildman–Crippen LogP) is 3.70. The van der Waals surface area contributed by atoms with Crippen molar-refractivity contribution in [2.75, 3.05) is 11.8 Å². The zero-order chi connectivity index (χ0) is 19.4. The number of nitrogens with one attached hydrogen (secondary N) is 1. The summed E-state index contributed by atoms with van der Waals surface area (Å²) in [4.78, 5) is 3.87. The lowest BCUT2D eigenvalue weighted by Gasteiger charge is -2.13. The second-order valence-corrected chi connectivity index (χ2v) is 7.36. The van der Waals surface area contributed by atoms with Crippen LogP contribution in [-0.4, -0.2) is 25.6 Å². The van der Waals surface area contributed by atoms with E-state index in [9.17, 15) is 13.5 Å². The minimum atomic E-state index is -4.03. The summed E-state index contributed by atoms with van der Waals surface area (Å²) >= 11 is 0. The van der Waals surface area contributed by atoms with Gasteiger partial charge in [0.15, 0.2) is 0 Å². The fraction of sp³-hybridized carbons (Fsp3) is 0.105. The lowest BCUT2D eigenvalue weighted by atomic mass is 10.2. The smallest absolute Gasteiger partial charge is 0.265 e. The Morgan fingerprint density at radius 3 is 2.44 bits per heavy atom. The minimum absolute atomic E-state index is 0.0818. The number of pyridine rings is 1. The van der Waals surface area contributed by atoms with Crippen molar-refractivity contribution in [2.24, 2.45) is 0 Å². The van der Waals surface area contributed by atoms with E-state index in [1.807, 2.05) is 0 Å². The molecular weight excluding hydrogens is 368 g/mol. The second kappa shape index (κ2) is 7.55. The fourth-order valence-electron chi connectivity index (χ4n) is 2.34. The van der Waals surface area contributed by atoms with Gasteiger partial charge in [-0.3, -0.25) is 4.72 Å².